The normalized spacial score (nSPS) is 21.6. The number of hydrogen-bond acceptors (Lipinski definition) is 4. The number of hydrogen-bond donors (Lipinski definition) is 1. The predicted molar refractivity (Wildman–Crippen MR) is 63.9 cm³/mol. The maximum atomic E-state index is 11.7. The molecule has 1 amide bonds. The van der Waals surface area contributed by atoms with Crippen molar-refractivity contribution in [3.8, 4) is 0 Å². The van der Waals surface area contributed by atoms with Gasteiger partial charge in [-0.2, -0.15) is 0 Å². The van der Waals surface area contributed by atoms with Gasteiger partial charge in [0.25, 0.3) is 0 Å². The van der Waals surface area contributed by atoms with Crippen LogP contribution in [0.2, 0.25) is 0 Å². The first kappa shape index (κ1) is 14.2. The number of rotatable bonds is 2. The van der Waals surface area contributed by atoms with E-state index in [0.717, 1.165) is 0 Å². The summed E-state index contributed by atoms with van der Waals surface area (Å²) < 4.78 is 27.1. The molecule has 1 rings (SSSR count). The minimum atomic E-state index is -3.47. The van der Waals surface area contributed by atoms with E-state index >= 15 is 0 Å². The molecule has 100 valence electrons. The van der Waals surface area contributed by atoms with Gasteiger partial charge in [0.2, 0.25) is 10.0 Å². The Bertz CT molecular complexity index is 386. The van der Waals surface area contributed by atoms with E-state index in [0.29, 0.717) is 19.5 Å². The number of ether oxygens (including phenoxy) is 1. The third kappa shape index (κ3) is 5.36. The number of likely N-dealkylation sites (tertiary alicyclic amines) is 1. The van der Waals surface area contributed by atoms with Crippen LogP contribution in [0.25, 0.3) is 0 Å². The van der Waals surface area contributed by atoms with Gasteiger partial charge in [-0.05, 0) is 33.1 Å². The highest BCUT2D eigenvalue weighted by atomic mass is 32.2. The van der Waals surface area contributed by atoms with Crippen LogP contribution in [-0.2, 0) is 14.8 Å². The monoisotopic (exact) mass is 264 g/mol. The minimum Gasteiger partial charge on any atom is -0.444 e. The van der Waals surface area contributed by atoms with Crippen LogP contribution < -0.4 is 5.14 Å². The summed E-state index contributed by atoms with van der Waals surface area (Å²) in [5, 5.41) is 4.98. The van der Waals surface area contributed by atoms with E-state index in [1.54, 1.807) is 20.8 Å². The number of sulfonamides is 1. The van der Waals surface area contributed by atoms with Gasteiger partial charge in [0.15, 0.2) is 0 Å². The third-order valence-corrected chi connectivity index (χ3v) is 3.34. The van der Waals surface area contributed by atoms with Crippen LogP contribution in [0, 0.1) is 5.92 Å². The summed E-state index contributed by atoms with van der Waals surface area (Å²) in [5.74, 6) is -0.163. The average molecular weight is 264 g/mol. The van der Waals surface area contributed by atoms with Gasteiger partial charge in [0, 0.05) is 13.1 Å². The number of carbonyl (C=O) groups is 1. The summed E-state index contributed by atoms with van der Waals surface area (Å²) >= 11 is 0. The minimum absolute atomic E-state index is 0.0771. The van der Waals surface area contributed by atoms with Crippen molar-refractivity contribution in [2.45, 2.75) is 32.8 Å². The molecule has 1 atom stereocenters. The number of amides is 1. The van der Waals surface area contributed by atoms with Crippen molar-refractivity contribution in [2.24, 2.45) is 11.1 Å². The lowest BCUT2D eigenvalue weighted by Crippen LogP contribution is -2.36. The average Bonchev–Trinajstić information content (AvgIpc) is 2.45. The van der Waals surface area contributed by atoms with E-state index in [1.807, 2.05) is 0 Å². The second-order valence-electron chi connectivity index (χ2n) is 5.41. The second-order valence-corrected chi connectivity index (χ2v) is 7.07. The van der Waals surface area contributed by atoms with Crippen LogP contribution in [0.3, 0.4) is 0 Å². The van der Waals surface area contributed by atoms with Gasteiger partial charge in [-0.3, -0.25) is 0 Å². The van der Waals surface area contributed by atoms with E-state index < -0.39 is 21.7 Å². The van der Waals surface area contributed by atoms with Gasteiger partial charge in [-0.1, -0.05) is 0 Å². The Kier molecular flexibility index (Phi) is 4.03. The summed E-state index contributed by atoms with van der Waals surface area (Å²) in [7, 11) is -3.47. The summed E-state index contributed by atoms with van der Waals surface area (Å²) in [6.07, 6.45) is 0.254. The van der Waals surface area contributed by atoms with E-state index in [4.69, 9.17) is 9.88 Å². The Morgan fingerprint density at radius 1 is 1.47 bits per heavy atom. The molecule has 1 heterocycles. The largest absolute Gasteiger partial charge is 0.444 e. The molecule has 0 spiro atoms. The zero-order valence-electron chi connectivity index (χ0n) is 10.5. The maximum absolute atomic E-state index is 11.7. The van der Waals surface area contributed by atoms with E-state index in [2.05, 4.69) is 0 Å². The fourth-order valence-corrected chi connectivity index (χ4v) is 2.72. The molecular formula is C10H20N2O4S. The summed E-state index contributed by atoms with van der Waals surface area (Å²) in [6, 6.07) is 0. The molecule has 17 heavy (non-hydrogen) atoms. The number of nitrogens with two attached hydrogens (primary N) is 1. The molecule has 7 heteroatoms. The Balaban J connectivity index is 2.48. The lowest BCUT2D eigenvalue weighted by molar-refractivity contribution is 0.0289. The molecule has 0 bridgehead atoms. The third-order valence-electron chi connectivity index (χ3n) is 2.41. The van der Waals surface area contributed by atoms with Crippen LogP contribution in [0.5, 0.6) is 0 Å². The zero-order chi connectivity index (χ0) is 13.3. The van der Waals surface area contributed by atoms with Crippen molar-refractivity contribution in [3.63, 3.8) is 0 Å². The topological polar surface area (TPSA) is 89.7 Å². The summed E-state index contributed by atoms with van der Waals surface area (Å²) in [4.78, 5) is 13.2. The van der Waals surface area contributed by atoms with E-state index in [1.165, 1.54) is 4.90 Å². The maximum Gasteiger partial charge on any atom is 0.410 e. The molecular weight excluding hydrogens is 244 g/mol. The van der Waals surface area contributed by atoms with Crippen molar-refractivity contribution in [2.75, 3.05) is 18.8 Å². The first-order valence-electron chi connectivity index (χ1n) is 5.55. The van der Waals surface area contributed by atoms with Crippen molar-refractivity contribution < 1.29 is 17.9 Å². The highest BCUT2D eigenvalue weighted by Gasteiger charge is 2.31. The molecule has 0 radical (unpaired) electrons. The Hall–Kier alpha value is -0.820. The van der Waals surface area contributed by atoms with Gasteiger partial charge in [0.1, 0.15) is 5.60 Å². The fraction of sp³-hybridized carbons (Fsp3) is 0.900. The molecule has 1 aliphatic rings. The van der Waals surface area contributed by atoms with Crippen LogP contribution in [0.1, 0.15) is 27.2 Å². The first-order valence-corrected chi connectivity index (χ1v) is 7.27. The molecule has 0 aliphatic carbocycles. The molecule has 1 saturated heterocycles. The lowest BCUT2D eigenvalue weighted by atomic mass is 10.2. The Labute approximate surface area is 102 Å². The first-order chi connectivity index (χ1) is 7.57. The zero-order valence-corrected chi connectivity index (χ0v) is 11.3. The molecule has 0 aromatic carbocycles. The molecule has 1 aliphatic heterocycles. The van der Waals surface area contributed by atoms with Crippen LogP contribution in [-0.4, -0.2) is 43.9 Å². The van der Waals surface area contributed by atoms with Crippen molar-refractivity contribution in [1.82, 2.24) is 4.90 Å². The van der Waals surface area contributed by atoms with Gasteiger partial charge in [0.05, 0.1) is 5.75 Å². The lowest BCUT2D eigenvalue weighted by Gasteiger charge is -2.24. The SMILES string of the molecule is CC(C)(C)OC(=O)N1CCC(CS(N)(=O)=O)C1. The second kappa shape index (κ2) is 4.81. The molecule has 2 N–H and O–H groups in total. The summed E-state index contributed by atoms with van der Waals surface area (Å²) in [5.41, 5.74) is -0.533. The van der Waals surface area contributed by atoms with Crippen molar-refractivity contribution in [3.05, 3.63) is 0 Å². The number of nitrogens with zero attached hydrogens (tertiary/aromatic N) is 1. The fourth-order valence-electron chi connectivity index (χ4n) is 1.79. The predicted octanol–water partition coefficient (Wildman–Crippen LogP) is 0.532. The van der Waals surface area contributed by atoms with Crippen LogP contribution in [0.4, 0.5) is 4.79 Å². The molecule has 0 aromatic rings. The van der Waals surface area contributed by atoms with Crippen molar-refractivity contribution >= 4 is 16.1 Å². The number of primary sulfonamides is 1. The molecule has 1 fully saturated rings. The molecule has 1 unspecified atom stereocenters. The Morgan fingerprint density at radius 2 is 2.06 bits per heavy atom. The highest BCUT2D eigenvalue weighted by Crippen LogP contribution is 2.20. The van der Waals surface area contributed by atoms with Crippen LogP contribution in [0.15, 0.2) is 0 Å². The van der Waals surface area contributed by atoms with Crippen molar-refractivity contribution in [1.29, 1.82) is 0 Å². The van der Waals surface area contributed by atoms with Gasteiger partial charge >= 0.3 is 6.09 Å². The van der Waals surface area contributed by atoms with E-state index in [-0.39, 0.29) is 11.7 Å². The molecule has 0 saturated carbocycles. The van der Waals surface area contributed by atoms with Gasteiger partial charge < -0.3 is 9.64 Å². The standard InChI is InChI=1S/C10H20N2O4S/c1-10(2,3)16-9(13)12-5-4-8(6-12)7-17(11,14)15/h8H,4-7H2,1-3H3,(H2,11,14,15). The number of carbonyl (C=O) groups excluding carboxylic acids is 1. The smallest absolute Gasteiger partial charge is 0.410 e. The molecule has 0 aromatic heterocycles. The Morgan fingerprint density at radius 3 is 2.53 bits per heavy atom. The van der Waals surface area contributed by atoms with Crippen LogP contribution >= 0.6 is 0 Å². The summed E-state index contributed by atoms with van der Waals surface area (Å²) in [6.45, 7) is 6.30. The van der Waals surface area contributed by atoms with Gasteiger partial charge in [-0.25, -0.2) is 18.4 Å². The van der Waals surface area contributed by atoms with E-state index in [9.17, 15) is 13.2 Å². The highest BCUT2D eigenvalue weighted by molar-refractivity contribution is 7.89. The quantitative estimate of drug-likeness (QED) is 0.788. The molecule has 6 nitrogen and oxygen atoms in total. The van der Waals surface area contributed by atoms with Gasteiger partial charge in [-0.15, -0.1) is 0 Å².